The van der Waals surface area contributed by atoms with Crippen molar-refractivity contribution in [2.24, 2.45) is 0 Å². The first kappa shape index (κ1) is 16.2. The summed E-state index contributed by atoms with van der Waals surface area (Å²) in [4.78, 5) is 27.5. The largest absolute Gasteiger partial charge is 0.326 e. The third-order valence-corrected chi connectivity index (χ3v) is 5.15. The molecule has 0 bridgehead atoms. The van der Waals surface area contributed by atoms with E-state index in [4.69, 9.17) is 4.98 Å². The van der Waals surface area contributed by atoms with Gasteiger partial charge < -0.3 is 4.57 Å². The van der Waals surface area contributed by atoms with E-state index in [0.29, 0.717) is 18.3 Å². The van der Waals surface area contributed by atoms with Crippen LogP contribution in [0, 0.1) is 13.8 Å². The topological polar surface area (TPSA) is 81.2 Å². The van der Waals surface area contributed by atoms with Crippen molar-refractivity contribution in [2.45, 2.75) is 45.6 Å². The summed E-state index contributed by atoms with van der Waals surface area (Å²) in [6.07, 6.45) is 11.4. The van der Waals surface area contributed by atoms with Crippen molar-refractivity contribution < 1.29 is 4.79 Å². The fourth-order valence-electron chi connectivity index (χ4n) is 3.51. The maximum absolute atomic E-state index is 12.1. The average molecular weight is 363 g/mol. The molecule has 8 heteroatoms. The van der Waals surface area contributed by atoms with E-state index >= 15 is 0 Å². The van der Waals surface area contributed by atoms with E-state index in [9.17, 15) is 4.79 Å². The molecule has 2 fully saturated rings. The van der Waals surface area contributed by atoms with Gasteiger partial charge in [-0.2, -0.15) is 0 Å². The number of fused-ring (bicyclic) bond motifs is 1. The number of amides is 1. The lowest BCUT2D eigenvalue weighted by Gasteiger charge is -2.10. The van der Waals surface area contributed by atoms with Gasteiger partial charge in [-0.15, -0.1) is 5.10 Å². The Balaban J connectivity index is 1.49. The summed E-state index contributed by atoms with van der Waals surface area (Å²) >= 11 is 0. The summed E-state index contributed by atoms with van der Waals surface area (Å²) in [7, 11) is 0. The van der Waals surface area contributed by atoms with Crippen molar-refractivity contribution in [3.05, 3.63) is 35.4 Å². The third kappa shape index (κ3) is 2.81. The Hall–Kier alpha value is -3.03. The average Bonchev–Trinajstić information content (AvgIpc) is 3.05. The van der Waals surface area contributed by atoms with E-state index in [-0.39, 0.29) is 5.91 Å². The molecule has 1 aliphatic carbocycles. The quantitative estimate of drug-likeness (QED) is 0.712. The van der Waals surface area contributed by atoms with Crippen molar-refractivity contribution >= 4 is 29.5 Å². The second-order valence-corrected chi connectivity index (χ2v) is 7.27. The number of carbonyl (C=O) groups excluding carboxylic acids is 1. The summed E-state index contributed by atoms with van der Waals surface area (Å²) in [5.41, 5.74) is 2.56. The molecule has 138 valence electrons. The van der Waals surface area contributed by atoms with Gasteiger partial charge in [0.1, 0.15) is 5.82 Å². The molecule has 3 aromatic heterocycles. The molecular formula is C19H21N7O. The van der Waals surface area contributed by atoms with Crippen molar-refractivity contribution in [1.29, 1.82) is 0 Å². The molecule has 8 nitrogen and oxygen atoms in total. The summed E-state index contributed by atoms with van der Waals surface area (Å²) in [5, 5.41) is 4.55. The Kier molecular flexibility index (Phi) is 3.60. The highest BCUT2D eigenvalue weighted by molar-refractivity contribution is 5.94. The lowest BCUT2D eigenvalue weighted by molar-refractivity contribution is -0.117. The number of hydrogen-bond donors (Lipinski definition) is 0. The zero-order chi connectivity index (χ0) is 18.5. The van der Waals surface area contributed by atoms with Gasteiger partial charge in [0.25, 0.3) is 0 Å². The molecule has 1 saturated carbocycles. The van der Waals surface area contributed by atoms with Crippen LogP contribution in [0.3, 0.4) is 0 Å². The number of aryl methyl sites for hydroxylation is 2. The zero-order valence-corrected chi connectivity index (χ0v) is 15.5. The van der Waals surface area contributed by atoms with Gasteiger partial charge in [-0.3, -0.25) is 14.7 Å². The number of imidazole rings is 1. The molecule has 0 unspecified atom stereocenters. The lowest BCUT2D eigenvalue weighted by atomic mass is 10.4. The summed E-state index contributed by atoms with van der Waals surface area (Å²) in [6.45, 7) is 4.64. The van der Waals surface area contributed by atoms with Gasteiger partial charge in [-0.1, -0.05) is 0 Å². The molecule has 0 aromatic carbocycles. The van der Waals surface area contributed by atoms with Gasteiger partial charge in [0.15, 0.2) is 17.3 Å². The Labute approximate surface area is 156 Å². The van der Waals surface area contributed by atoms with Gasteiger partial charge in [0.05, 0.1) is 11.4 Å². The Morgan fingerprint density at radius 3 is 2.74 bits per heavy atom. The van der Waals surface area contributed by atoms with Crippen LogP contribution < -0.4 is 4.90 Å². The molecule has 0 N–H and O–H groups in total. The van der Waals surface area contributed by atoms with Crippen LogP contribution in [0.15, 0.2) is 12.4 Å². The van der Waals surface area contributed by atoms with Crippen LogP contribution in [0.1, 0.15) is 54.8 Å². The number of aromatic nitrogens is 6. The molecule has 1 saturated heterocycles. The highest BCUT2D eigenvalue weighted by Gasteiger charge is 2.29. The first-order valence-electron chi connectivity index (χ1n) is 9.36. The first-order chi connectivity index (χ1) is 13.1. The minimum Gasteiger partial charge on any atom is -0.326 e. The van der Waals surface area contributed by atoms with Crippen LogP contribution in [0.25, 0.3) is 17.8 Å². The molecule has 4 heterocycles. The maximum Gasteiger partial charge on any atom is 0.228 e. The summed E-state index contributed by atoms with van der Waals surface area (Å²) in [5.74, 6) is 2.38. The predicted octanol–water partition coefficient (Wildman–Crippen LogP) is 2.57. The molecule has 27 heavy (non-hydrogen) atoms. The first-order valence-corrected chi connectivity index (χ1v) is 9.36. The fourth-order valence-corrected chi connectivity index (χ4v) is 3.51. The number of hydrogen-bond acceptors (Lipinski definition) is 5. The van der Waals surface area contributed by atoms with E-state index in [1.54, 1.807) is 11.1 Å². The SMILES string of the molecule is Cc1ncc(C)n2nc(C=Cc3nc(N4CCCC4=O)cn3C3CC3)nc12. The second kappa shape index (κ2) is 6.00. The lowest BCUT2D eigenvalue weighted by Crippen LogP contribution is -2.23. The predicted molar refractivity (Wildman–Crippen MR) is 101 cm³/mol. The Morgan fingerprint density at radius 1 is 1.19 bits per heavy atom. The number of nitrogens with zero attached hydrogens (tertiary/aromatic N) is 7. The van der Waals surface area contributed by atoms with Crippen molar-refractivity contribution in [3.8, 4) is 0 Å². The molecular weight excluding hydrogens is 342 g/mol. The normalized spacial score (nSPS) is 17.7. The van der Waals surface area contributed by atoms with E-state index in [0.717, 1.165) is 54.5 Å². The van der Waals surface area contributed by atoms with E-state index in [1.165, 1.54) is 0 Å². The zero-order valence-electron chi connectivity index (χ0n) is 15.5. The van der Waals surface area contributed by atoms with E-state index in [2.05, 4.69) is 19.6 Å². The minimum absolute atomic E-state index is 0.159. The van der Waals surface area contributed by atoms with Crippen LogP contribution in [-0.4, -0.2) is 41.6 Å². The van der Waals surface area contributed by atoms with E-state index in [1.807, 2.05) is 36.7 Å². The van der Waals surface area contributed by atoms with Gasteiger partial charge in [-0.25, -0.2) is 14.5 Å². The Bertz CT molecular complexity index is 1030. The van der Waals surface area contributed by atoms with E-state index < -0.39 is 0 Å². The number of anilines is 1. The highest BCUT2D eigenvalue weighted by Crippen LogP contribution is 2.37. The van der Waals surface area contributed by atoms with Crippen molar-refractivity contribution in [1.82, 2.24) is 29.1 Å². The summed E-state index contributed by atoms with van der Waals surface area (Å²) < 4.78 is 3.98. The van der Waals surface area contributed by atoms with Crippen LogP contribution in [0.5, 0.6) is 0 Å². The Morgan fingerprint density at radius 2 is 2.04 bits per heavy atom. The summed E-state index contributed by atoms with van der Waals surface area (Å²) in [6, 6.07) is 0.478. The second-order valence-electron chi connectivity index (χ2n) is 7.27. The van der Waals surface area contributed by atoms with Crippen LogP contribution in [0.2, 0.25) is 0 Å². The molecule has 3 aromatic rings. The fraction of sp³-hybridized carbons (Fsp3) is 0.421. The molecule has 0 atom stereocenters. The van der Waals surface area contributed by atoms with Gasteiger partial charge >= 0.3 is 0 Å². The standard InChI is InChI=1S/C19H21N7O/c1-12-10-20-13(2)19-21-15(23-26(12)19)7-8-16-22-17(11-25(16)14-5-6-14)24-9-3-4-18(24)27/h7-8,10-11,14H,3-6,9H2,1-2H3. The van der Waals surface area contributed by atoms with Gasteiger partial charge in [-0.05, 0) is 45.3 Å². The molecule has 0 spiro atoms. The van der Waals surface area contributed by atoms with Crippen LogP contribution in [-0.2, 0) is 4.79 Å². The van der Waals surface area contributed by atoms with Gasteiger partial charge in [0, 0.05) is 31.4 Å². The van der Waals surface area contributed by atoms with Crippen LogP contribution in [0.4, 0.5) is 5.82 Å². The molecule has 1 aliphatic heterocycles. The van der Waals surface area contributed by atoms with Crippen LogP contribution >= 0.6 is 0 Å². The minimum atomic E-state index is 0.159. The molecule has 2 aliphatic rings. The molecule has 0 radical (unpaired) electrons. The molecule has 1 amide bonds. The maximum atomic E-state index is 12.1. The monoisotopic (exact) mass is 363 g/mol. The van der Waals surface area contributed by atoms with Crippen molar-refractivity contribution in [2.75, 3.05) is 11.4 Å². The van der Waals surface area contributed by atoms with Crippen molar-refractivity contribution in [3.63, 3.8) is 0 Å². The number of carbonyl (C=O) groups is 1. The number of rotatable bonds is 4. The van der Waals surface area contributed by atoms with Gasteiger partial charge in [0.2, 0.25) is 5.91 Å². The highest BCUT2D eigenvalue weighted by atomic mass is 16.2. The molecule has 5 rings (SSSR count). The third-order valence-electron chi connectivity index (χ3n) is 5.15. The smallest absolute Gasteiger partial charge is 0.228 e.